The van der Waals surface area contributed by atoms with E-state index in [-0.39, 0.29) is 11.8 Å². The minimum absolute atomic E-state index is 0.0858. The third kappa shape index (κ3) is 3.96. The van der Waals surface area contributed by atoms with Crippen molar-refractivity contribution >= 4 is 11.8 Å². The van der Waals surface area contributed by atoms with Gasteiger partial charge in [-0.15, -0.1) is 0 Å². The highest BCUT2D eigenvalue weighted by Crippen LogP contribution is 2.30. The van der Waals surface area contributed by atoms with Crippen LogP contribution < -0.4 is 10.6 Å². The van der Waals surface area contributed by atoms with Gasteiger partial charge in [-0.2, -0.15) is 0 Å². The molecule has 1 aliphatic carbocycles. The van der Waals surface area contributed by atoms with Gasteiger partial charge in [0.2, 0.25) is 11.8 Å². The number of carbonyl (C=O) groups is 2. The molecule has 0 aliphatic heterocycles. The van der Waals surface area contributed by atoms with E-state index in [1.54, 1.807) is 7.05 Å². The third-order valence-corrected chi connectivity index (χ3v) is 4.85. The predicted molar refractivity (Wildman–Crippen MR) is 95.6 cm³/mol. The van der Waals surface area contributed by atoms with Crippen LogP contribution in [0, 0.1) is 6.92 Å². The molecule has 0 saturated heterocycles. The highest BCUT2D eigenvalue weighted by atomic mass is 16.2. The van der Waals surface area contributed by atoms with Crippen molar-refractivity contribution in [2.24, 2.45) is 0 Å². The van der Waals surface area contributed by atoms with Gasteiger partial charge in [-0.3, -0.25) is 14.5 Å². The van der Waals surface area contributed by atoms with Gasteiger partial charge in [-0.25, -0.2) is 0 Å². The average Bonchev–Trinajstić information content (AvgIpc) is 2.54. The Morgan fingerprint density at radius 3 is 2.38 bits per heavy atom. The minimum Gasteiger partial charge on any atom is -0.357 e. The van der Waals surface area contributed by atoms with Crippen molar-refractivity contribution in [2.75, 3.05) is 21.1 Å². The topological polar surface area (TPSA) is 61.4 Å². The second-order valence-corrected chi connectivity index (χ2v) is 6.99. The summed E-state index contributed by atoms with van der Waals surface area (Å²) >= 11 is 0. The first-order valence-electron chi connectivity index (χ1n) is 8.67. The Bertz CT molecular complexity index is 592. The monoisotopic (exact) mass is 331 g/mol. The van der Waals surface area contributed by atoms with Gasteiger partial charge in [0.25, 0.3) is 0 Å². The van der Waals surface area contributed by atoms with Crippen LogP contribution in [0.25, 0.3) is 0 Å². The molecule has 0 radical (unpaired) electrons. The van der Waals surface area contributed by atoms with Crippen molar-refractivity contribution in [1.82, 2.24) is 15.5 Å². The van der Waals surface area contributed by atoms with E-state index in [1.807, 2.05) is 50.2 Å². The zero-order valence-corrected chi connectivity index (χ0v) is 15.2. The molecule has 0 spiro atoms. The Morgan fingerprint density at radius 2 is 1.83 bits per heavy atom. The van der Waals surface area contributed by atoms with E-state index < -0.39 is 11.6 Å². The Morgan fingerprint density at radius 1 is 1.17 bits per heavy atom. The van der Waals surface area contributed by atoms with Crippen molar-refractivity contribution in [3.63, 3.8) is 0 Å². The van der Waals surface area contributed by atoms with Crippen LogP contribution in [0.1, 0.15) is 49.3 Å². The van der Waals surface area contributed by atoms with Crippen molar-refractivity contribution in [3.05, 3.63) is 35.4 Å². The summed E-state index contributed by atoms with van der Waals surface area (Å²) in [4.78, 5) is 27.4. The van der Waals surface area contributed by atoms with E-state index in [2.05, 4.69) is 10.6 Å². The molecule has 2 N–H and O–H groups in total. The third-order valence-electron chi connectivity index (χ3n) is 4.85. The quantitative estimate of drug-likeness (QED) is 0.869. The largest absolute Gasteiger partial charge is 0.357 e. The number of nitrogens with zero attached hydrogens (tertiary/aromatic N) is 1. The summed E-state index contributed by atoms with van der Waals surface area (Å²) in [5.74, 6) is -0.201. The molecule has 0 bridgehead atoms. The fraction of sp³-hybridized carbons (Fsp3) is 0.579. The highest BCUT2D eigenvalue weighted by molar-refractivity contribution is 5.93. The molecular weight excluding hydrogens is 302 g/mol. The van der Waals surface area contributed by atoms with E-state index >= 15 is 0 Å². The molecule has 0 heterocycles. The maximum atomic E-state index is 13.1. The summed E-state index contributed by atoms with van der Waals surface area (Å²) in [6.07, 6.45) is 4.44. The predicted octanol–water partition coefficient (Wildman–Crippen LogP) is 2.16. The summed E-state index contributed by atoms with van der Waals surface area (Å²) in [5.41, 5.74) is 1.29. The van der Waals surface area contributed by atoms with Crippen LogP contribution in [0.15, 0.2) is 24.3 Å². The molecule has 5 nitrogen and oxygen atoms in total. The first-order valence-corrected chi connectivity index (χ1v) is 8.67. The molecule has 24 heavy (non-hydrogen) atoms. The van der Waals surface area contributed by atoms with Crippen LogP contribution in [-0.2, 0) is 9.59 Å². The lowest BCUT2D eigenvalue weighted by atomic mass is 9.80. The number of benzene rings is 1. The lowest BCUT2D eigenvalue weighted by Gasteiger charge is -2.38. The van der Waals surface area contributed by atoms with E-state index in [0.29, 0.717) is 12.8 Å². The first kappa shape index (κ1) is 18.5. The number of likely N-dealkylation sites (N-methyl/N-ethyl adjacent to an activating group) is 2. The number of nitrogens with one attached hydrogen (secondary N) is 2. The van der Waals surface area contributed by atoms with Gasteiger partial charge < -0.3 is 10.6 Å². The average molecular weight is 331 g/mol. The number of aryl methyl sites for hydroxylation is 1. The summed E-state index contributed by atoms with van der Waals surface area (Å²) in [5, 5.41) is 5.82. The van der Waals surface area contributed by atoms with Crippen LogP contribution in [0.5, 0.6) is 0 Å². The molecule has 1 saturated carbocycles. The molecule has 1 unspecified atom stereocenters. The second kappa shape index (κ2) is 7.79. The SMILES string of the molecule is CNC(=O)C1(NC(=O)C(c2cccc(C)c2)N(C)C)CCCCC1. The Labute approximate surface area is 144 Å². The van der Waals surface area contributed by atoms with Gasteiger partial charge in [0.1, 0.15) is 11.6 Å². The number of hydrogen-bond donors (Lipinski definition) is 2. The number of rotatable bonds is 5. The van der Waals surface area contributed by atoms with Crippen LogP contribution in [0.2, 0.25) is 0 Å². The minimum atomic E-state index is -0.776. The van der Waals surface area contributed by atoms with Gasteiger partial charge in [-0.1, -0.05) is 49.1 Å². The molecule has 5 heteroatoms. The van der Waals surface area contributed by atoms with E-state index in [4.69, 9.17) is 0 Å². The first-order chi connectivity index (χ1) is 11.4. The van der Waals surface area contributed by atoms with Crippen molar-refractivity contribution in [3.8, 4) is 0 Å². The van der Waals surface area contributed by atoms with E-state index in [9.17, 15) is 9.59 Å². The normalized spacial score (nSPS) is 18.0. The van der Waals surface area contributed by atoms with E-state index in [0.717, 1.165) is 30.4 Å². The molecule has 1 aliphatic rings. The fourth-order valence-electron chi connectivity index (χ4n) is 3.63. The zero-order chi connectivity index (χ0) is 17.7. The second-order valence-electron chi connectivity index (χ2n) is 6.99. The van der Waals surface area contributed by atoms with Gasteiger partial charge in [0.05, 0.1) is 0 Å². The molecule has 2 rings (SSSR count). The van der Waals surface area contributed by atoms with Crippen molar-refractivity contribution in [1.29, 1.82) is 0 Å². The molecule has 2 amide bonds. The maximum absolute atomic E-state index is 13.1. The van der Waals surface area contributed by atoms with Crippen LogP contribution in [0.3, 0.4) is 0 Å². The number of carbonyl (C=O) groups excluding carboxylic acids is 2. The van der Waals surface area contributed by atoms with Crippen molar-refractivity contribution in [2.45, 2.75) is 50.6 Å². The number of hydrogen-bond acceptors (Lipinski definition) is 3. The standard InChI is InChI=1S/C19H29N3O2/c1-14-9-8-10-15(13-14)16(22(3)4)17(23)21-19(18(24)20-2)11-6-5-7-12-19/h8-10,13,16H,5-7,11-12H2,1-4H3,(H,20,24)(H,21,23). The molecule has 1 fully saturated rings. The molecule has 0 aromatic heterocycles. The Hall–Kier alpha value is -1.88. The molecule has 132 valence electrons. The van der Waals surface area contributed by atoms with Crippen molar-refractivity contribution < 1.29 is 9.59 Å². The highest BCUT2D eigenvalue weighted by Gasteiger charge is 2.41. The van der Waals surface area contributed by atoms with Gasteiger partial charge in [0.15, 0.2) is 0 Å². The summed E-state index contributed by atoms with van der Waals surface area (Å²) in [6, 6.07) is 7.56. The molecule has 1 atom stereocenters. The van der Waals surface area contributed by atoms with Gasteiger partial charge in [-0.05, 0) is 39.4 Å². The molecule has 1 aromatic carbocycles. The summed E-state index contributed by atoms with van der Waals surface area (Å²) in [6.45, 7) is 2.02. The Kier molecular flexibility index (Phi) is 5.99. The van der Waals surface area contributed by atoms with Crippen LogP contribution in [-0.4, -0.2) is 43.4 Å². The number of amides is 2. The summed E-state index contributed by atoms with van der Waals surface area (Å²) in [7, 11) is 5.41. The molecule has 1 aromatic rings. The zero-order valence-electron chi connectivity index (χ0n) is 15.2. The van der Waals surface area contributed by atoms with Crippen LogP contribution >= 0.6 is 0 Å². The maximum Gasteiger partial charge on any atom is 0.245 e. The smallest absolute Gasteiger partial charge is 0.245 e. The Balaban J connectivity index is 2.27. The van der Waals surface area contributed by atoms with Gasteiger partial charge >= 0.3 is 0 Å². The fourth-order valence-corrected chi connectivity index (χ4v) is 3.63. The summed E-state index contributed by atoms with van der Waals surface area (Å²) < 4.78 is 0. The van der Waals surface area contributed by atoms with Crippen LogP contribution in [0.4, 0.5) is 0 Å². The lowest BCUT2D eigenvalue weighted by molar-refractivity contribution is -0.137. The molecular formula is C19H29N3O2. The van der Waals surface area contributed by atoms with Gasteiger partial charge in [0, 0.05) is 7.05 Å². The van der Waals surface area contributed by atoms with E-state index in [1.165, 1.54) is 0 Å². The lowest BCUT2D eigenvalue weighted by Crippen LogP contribution is -2.60.